The Morgan fingerprint density at radius 2 is 1.88 bits per heavy atom. The van der Waals surface area contributed by atoms with Crippen molar-refractivity contribution in [1.82, 2.24) is 19.6 Å². The number of aromatic nitrogens is 4. The molecule has 0 saturated heterocycles. The molecule has 1 aliphatic rings. The molecule has 2 heterocycles. The van der Waals surface area contributed by atoms with Gasteiger partial charge in [0.1, 0.15) is 0 Å². The predicted molar refractivity (Wildman–Crippen MR) is 98.4 cm³/mol. The Bertz CT molecular complexity index is 879. The van der Waals surface area contributed by atoms with Gasteiger partial charge in [-0.3, -0.25) is 14.2 Å². The van der Waals surface area contributed by atoms with Crippen LogP contribution in [0.15, 0.2) is 53.5 Å². The van der Waals surface area contributed by atoms with Crippen LogP contribution in [0.25, 0.3) is 0 Å². The first kappa shape index (κ1) is 16.1. The van der Waals surface area contributed by atoms with Crippen molar-refractivity contribution in [3.8, 4) is 0 Å². The topological polar surface area (TPSA) is 64.7 Å². The van der Waals surface area contributed by atoms with Crippen LogP contribution >= 0.6 is 15.9 Å². The van der Waals surface area contributed by atoms with Crippen molar-refractivity contribution >= 4 is 27.5 Å². The minimum atomic E-state index is -0.126. The summed E-state index contributed by atoms with van der Waals surface area (Å²) in [6.07, 6.45) is 9.82. The second-order valence-corrected chi connectivity index (χ2v) is 7.32. The van der Waals surface area contributed by atoms with Gasteiger partial charge in [-0.15, -0.1) is 0 Å². The first-order valence-electron chi connectivity index (χ1n) is 8.26. The molecule has 1 N–H and O–H groups in total. The fourth-order valence-electron chi connectivity index (χ4n) is 2.67. The molecule has 4 rings (SSSR count). The molecular formula is C18H18BrN5O. The maximum absolute atomic E-state index is 12.4. The number of rotatable bonds is 6. The third kappa shape index (κ3) is 4.17. The molecule has 7 heteroatoms. The number of nitrogens with zero attached hydrogens (tertiary/aromatic N) is 4. The molecule has 128 valence electrons. The van der Waals surface area contributed by atoms with Gasteiger partial charge < -0.3 is 5.32 Å². The first-order chi connectivity index (χ1) is 12.2. The summed E-state index contributed by atoms with van der Waals surface area (Å²) in [5.74, 6) is 0.630. The van der Waals surface area contributed by atoms with Gasteiger partial charge in [-0.2, -0.15) is 10.2 Å². The second-order valence-electron chi connectivity index (χ2n) is 6.40. The van der Waals surface area contributed by atoms with E-state index in [1.54, 1.807) is 12.4 Å². The SMILES string of the molecule is O=C(Nc1cnn(CC2CC2)c1)c1ccc(Cn2cc(Br)cn2)cc1. The number of benzene rings is 1. The van der Waals surface area contributed by atoms with E-state index in [1.807, 2.05) is 46.0 Å². The number of amides is 1. The lowest BCUT2D eigenvalue weighted by molar-refractivity contribution is 0.102. The predicted octanol–water partition coefficient (Wildman–Crippen LogP) is 3.55. The molecule has 0 atom stereocenters. The molecule has 25 heavy (non-hydrogen) atoms. The zero-order valence-corrected chi connectivity index (χ0v) is 15.2. The van der Waals surface area contributed by atoms with Gasteiger partial charge in [-0.25, -0.2) is 0 Å². The number of carbonyl (C=O) groups is 1. The van der Waals surface area contributed by atoms with Crippen LogP contribution in [0.5, 0.6) is 0 Å². The van der Waals surface area contributed by atoms with E-state index in [-0.39, 0.29) is 5.91 Å². The summed E-state index contributed by atoms with van der Waals surface area (Å²) in [6.45, 7) is 1.61. The van der Waals surface area contributed by atoms with Crippen LogP contribution in [0.2, 0.25) is 0 Å². The van der Waals surface area contributed by atoms with Crippen LogP contribution in [0.3, 0.4) is 0 Å². The van der Waals surface area contributed by atoms with Gasteiger partial charge in [0.2, 0.25) is 0 Å². The van der Waals surface area contributed by atoms with Crippen molar-refractivity contribution < 1.29 is 4.79 Å². The van der Waals surface area contributed by atoms with Crippen LogP contribution in [0.1, 0.15) is 28.8 Å². The number of nitrogens with one attached hydrogen (secondary N) is 1. The normalized spacial score (nSPS) is 13.8. The summed E-state index contributed by atoms with van der Waals surface area (Å²) in [7, 11) is 0. The third-order valence-electron chi connectivity index (χ3n) is 4.20. The minimum absolute atomic E-state index is 0.126. The highest BCUT2D eigenvalue weighted by Crippen LogP contribution is 2.30. The van der Waals surface area contributed by atoms with E-state index in [1.165, 1.54) is 12.8 Å². The molecule has 6 nitrogen and oxygen atoms in total. The highest BCUT2D eigenvalue weighted by atomic mass is 79.9. The molecular weight excluding hydrogens is 382 g/mol. The Labute approximate surface area is 154 Å². The van der Waals surface area contributed by atoms with E-state index in [2.05, 4.69) is 31.4 Å². The van der Waals surface area contributed by atoms with Gasteiger partial charge in [0.25, 0.3) is 5.91 Å². The Morgan fingerprint density at radius 3 is 2.56 bits per heavy atom. The molecule has 3 aromatic rings. The average Bonchev–Trinajstić information content (AvgIpc) is 3.16. The van der Waals surface area contributed by atoms with Crippen molar-refractivity contribution in [3.05, 3.63) is 64.7 Å². The third-order valence-corrected chi connectivity index (χ3v) is 4.61. The fourth-order valence-corrected chi connectivity index (χ4v) is 3.00. The molecule has 1 amide bonds. The fraction of sp³-hybridized carbons (Fsp3) is 0.278. The van der Waals surface area contributed by atoms with Gasteiger partial charge in [0, 0.05) is 24.5 Å². The minimum Gasteiger partial charge on any atom is -0.319 e. The lowest BCUT2D eigenvalue weighted by atomic mass is 10.1. The zero-order chi connectivity index (χ0) is 17.2. The summed E-state index contributed by atoms with van der Waals surface area (Å²) in [5.41, 5.74) is 2.45. The lowest BCUT2D eigenvalue weighted by Crippen LogP contribution is -2.11. The van der Waals surface area contributed by atoms with Gasteiger partial charge in [0.15, 0.2) is 0 Å². The largest absolute Gasteiger partial charge is 0.319 e. The van der Waals surface area contributed by atoms with Gasteiger partial charge in [-0.05, 0) is 52.4 Å². The van der Waals surface area contributed by atoms with E-state index < -0.39 is 0 Å². The second kappa shape index (κ2) is 6.84. The quantitative estimate of drug-likeness (QED) is 0.688. The number of hydrogen-bond donors (Lipinski definition) is 1. The van der Waals surface area contributed by atoms with E-state index >= 15 is 0 Å². The molecule has 1 fully saturated rings. The van der Waals surface area contributed by atoms with Gasteiger partial charge >= 0.3 is 0 Å². The molecule has 1 aromatic carbocycles. The summed E-state index contributed by atoms with van der Waals surface area (Å²) in [4.78, 5) is 12.4. The summed E-state index contributed by atoms with van der Waals surface area (Å²) in [6, 6.07) is 7.55. The molecule has 1 saturated carbocycles. The zero-order valence-electron chi connectivity index (χ0n) is 13.6. The first-order valence-corrected chi connectivity index (χ1v) is 9.06. The van der Waals surface area contributed by atoms with E-state index in [0.717, 1.165) is 28.2 Å². The Balaban J connectivity index is 1.37. The number of hydrogen-bond acceptors (Lipinski definition) is 3. The lowest BCUT2D eigenvalue weighted by Gasteiger charge is -2.05. The molecule has 0 radical (unpaired) electrons. The molecule has 2 aromatic heterocycles. The Hall–Kier alpha value is -2.41. The maximum atomic E-state index is 12.4. The number of halogens is 1. The molecule has 1 aliphatic carbocycles. The molecule has 0 spiro atoms. The van der Waals surface area contributed by atoms with E-state index in [9.17, 15) is 4.79 Å². The number of carbonyl (C=O) groups excluding carboxylic acids is 1. The van der Waals surface area contributed by atoms with Gasteiger partial charge in [-0.1, -0.05) is 12.1 Å². The Kier molecular flexibility index (Phi) is 4.40. The van der Waals surface area contributed by atoms with Crippen molar-refractivity contribution in [2.75, 3.05) is 5.32 Å². The molecule has 0 bridgehead atoms. The highest BCUT2D eigenvalue weighted by Gasteiger charge is 2.22. The number of anilines is 1. The van der Waals surface area contributed by atoms with Gasteiger partial charge in [0.05, 0.1) is 29.1 Å². The van der Waals surface area contributed by atoms with Crippen LogP contribution in [-0.2, 0) is 13.1 Å². The van der Waals surface area contributed by atoms with Crippen LogP contribution in [-0.4, -0.2) is 25.5 Å². The van der Waals surface area contributed by atoms with Crippen LogP contribution in [0, 0.1) is 5.92 Å². The van der Waals surface area contributed by atoms with Crippen molar-refractivity contribution in [2.45, 2.75) is 25.9 Å². The van der Waals surface area contributed by atoms with Crippen molar-refractivity contribution in [1.29, 1.82) is 0 Å². The summed E-state index contributed by atoms with van der Waals surface area (Å²) >= 11 is 3.38. The highest BCUT2D eigenvalue weighted by molar-refractivity contribution is 9.10. The van der Waals surface area contributed by atoms with Crippen molar-refractivity contribution in [2.24, 2.45) is 5.92 Å². The summed E-state index contributed by atoms with van der Waals surface area (Å²) < 4.78 is 4.69. The Morgan fingerprint density at radius 1 is 1.12 bits per heavy atom. The average molecular weight is 400 g/mol. The van der Waals surface area contributed by atoms with E-state index in [4.69, 9.17) is 0 Å². The van der Waals surface area contributed by atoms with Crippen LogP contribution in [0.4, 0.5) is 5.69 Å². The smallest absolute Gasteiger partial charge is 0.255 e. The van der Waals surface area contributed by atoms with Crippen molar-refractivity contribution in [3.63, 3.8) is 0 Å². The summed E-state index contributed by atoms with van der Waals surface area (Å²) in [5, 5.41) is 11.4. The maximum Gasteiger partial charge on any atom is 0.255 e. The molecule has 0 aliphatic heterocycles. The van der Waals surface area contributed by atoms with E-state index in [0.29, 0.717) is 12.1 Å². The standard InChI is InChI=1S/C18H18BrN5O/c19-16-7-20-23(11-16)9-14-3-5-15(6-4-14)18(25)22-17-8-21-24(12-17)10-13-1-2-13/h3-8,11-13H,1-2,9-10H2,(H,22,25). The van der Waals surface area contributed by atoms with Crippen LogP contribution < -0.4 is 5.32 Å². The monoisotopic (exact) mass is 399 g/mol. The molecule has 0 unspecified atom stereocenters.